The van der Waals surface area contributed by atoms with E-state index in [-0.39, 0.29) is 5.69 Å². The molecular weight excluding hydrogens is 270 g/mol. The zero-order chi connectivity index (χ0) is 15.0. The van der Waals surface area contributed by atoms with Crippen molar-refractivity contribution < 1.29 is 10.0 Å². The number of β-amino-alcohol motifs (C(OH)–C–C–N with tert-alkyl or cyclic N) is 1. The largest absolute Gasteiger partial charge is 0.386 e. The van der Waals surface area contributed by atoms with E-state index < -0.39 is 10.5 Å². The number of pyridine rings is 1. The molecule has 0 saturated carbocycles. The second-order valence-corrected chi connectivity index (χ2v) is 5.63. The third-order valence-corrected chi connectivity index (χ3v) is 3.88. The Morgan fingerprint density at radius 3 is 2.81 bits per heavy atom. The average Bonchev–Trinajstić information content (AvgIpc) is 2.43. The van der Waals surface area contributed by atoms with E-state index in [4.69, 9.17) is 0 Å². The van der Waals surface area contributed by atoms with Crippen LogP contribution in [0.5, 0.6) is 0 Å². The molecule has 110 valence electrons. The minimum atomic E-state index is -0.596. The monoisotopic (exact) mass is 287 g/mol. The highest BCUT2D eigenvalue weighted by Gasteiger charge is 2.40. The van der Waals surface area contributed by atoms with Crippen molar-refractivity contribution in [1.29, 1.82) is 0 Å². The summed E-state index contributed by atoms with van der Waals surface area (Å²) in [6.07, 6.45) is 1.75. The van der Waals surface area contributed by atoms with Crippen LogP contribution in [0, 0.1) is 10.1 Å². The molecule has 0 atom stereocenters. The summed E-state index contributed by atoms with van der Waals surface area (Å²) in [7, 11) is 0. The van der Waals surface area contributed by atoms with Gasteiger partial charge in [0.05, 0.1) is 16.0 Å². The minimum Gasteiger partial charge on any atom is -0.386 e. The van der Waals surface area contributed by atoms with Crippen LogP contribution in [-0.2, 0) is 0 Å². The molecule has 3 rings (SSSR count). The maximum atomic E-state index is 10.8. The maximum Gasteiger partial charge on any atom is 0.270 e. The normalized spacial score (nSPS) is 16.8. The third-order valence-electron chi connectivity index (χ3n) is 3.88. The molecule has 2 heterocycles. The number of nitro benzene ring substituents is 1. The van der Waals surface area contributed by atoms with Gasteiger partial charge in [0.15, 0.2) is 0 Å². The van der Waals surface area contributed by atoms with Crippen molar-refractivity contribution in [3.05, 3.63) is 40.4 Å². The Kier molecular flexibility index (Phi) is 3.25. The molecular formula is C15H17N3O3. The van der Waals surface area contributed by atoms with Gasteiger partial charge in [0.2, 0.25) is 0 Å². The van der Waals surface area contributed by atoms with Crippen LogP contribution in [0.2, 0.25) is 0 Å². The van der Waals surface area contributed by atoms with Crippen LogP contribution >= 0.6 is 0 Å². The van der Waals surface area contributed by atoms with Gasteiger partial charge in [0.1, 0.15) is 5.82 Å². The summed E-state index contributed by atoms with van der Waals surface area (Å²) in [6, 6.07) is 8.33. The summed E-state index contributed by atoms with van der Waals surface area (Å²) in [5.74, 6) is 0.803. The zero-order valence-corrected chi connectivity index (χ0v) is 11.8. The summed E-state index contributed by atoms with van der Waals surface area (Å²) in [5.41, 5.74) is 0.197. The van der Waals surface area contributed by atoms with Crippen molar-refractivity contribution in [2.45, 2.75) is 25.4 Å². The summed E-state index contributed by atoms with van der Waals surface area (Å²) in [4.78, 5) is 16.9. The zero-order valence-electron chi connectivity index (χ0n) is 11.8. The Hall–Kier alpha value is -2.21. The van der Waals surface area contributed by atoms with Crippen LogP contribution in [0.3, 0.4) is 0 Å². The van der Waals surface area contributed by atoms with Crippen molar-refractivity contribution >= 4 is 22.4 Å². The van der Waals surface area contributed by atoms with Crippen molar-refractivity contribution in [2.24, 2.45) is 0 Å². The van der Waals surface area contributed by atoms with E-state index in [0.29, 0.717) is 13.1 Å². The lowest BCUT2D eigenvalue weighted by Gasteiger charge is -2.47. The molecule has 6 heteroatoms. The molecule has 0 radical (unpaired) electrons. The van der Waals surface area contributed by atoms with Gasteiger partial charge >= 0.3 is 0 Å². The van der Waals surface area contributed by atoms with Crippen molar-refractivity contribution in [1.82, 2.24) is 4.98 Å². The smallest absolute Gasteiger partial charge is 0.270 e. The van der Waals surface area contributed by atoms with E-state index in [9.17, 15) is 15.2 Å². The third kappa shape index (κ3) is 2.54. The predicted octanol–water partition coefficient (Wildman–Crippen LogP) is 2.49. The van der Waals surface area contributed by atoms with Gasteiger partial charge in [-0.2, -0.15) is 0 Å². The molecule has 6 nitrogen and oxygen atoms in total. The van der Waals surface area contributed by atoms with Gasteiger partial charge in [-0.25, -0.2) is 4.98 Å². The number of fused-ring (bicyclic) bond motifs is 1. The summed E-state index contributed by atoms with van der Waals surface area (Å²) in [6.45, 7) is 3.24. The van der Waals surface area contributed by atoms with E-state index in [2.05, 4.69) is 11.9 Å². The fourth-order valence-electron chi connectivity index (χ4n) is 2.84. The molecule has 21 heavy (non-hydrogen) atoms. The van der Waals surface area contributed by atoms with Gasteiger partial charge in [-0.15, -0.1) is 0 Å². The molecule has 1 N–H and O–H groups in total. The van der Waals surface area contributed by atoms with Crippen LogP contribution < -0.4 is 4.90 Å². The fraction of sp³-hybridized carbons (Fsp3) is 0.400. The lowest BCUT2D eigenvalue weighted by atomic mass is 9.89. The van der Waals surface area contributed by atoms with Crippen LogP contribution in [0.4, 0.5) is 11.5 Å². The van der Waals surface area contributed by atoms with E-state index in [1.165, 1.54) is 12.1 Å². The number of hydrogen-bond acceptors (Lipinski definition) is 5. The lowest BCUT2D eigenvalue weighted by Crippen LogP contribution is -2.62. The van der Waals surface area contributed by atoms with Crippen LogP contribution in [0.25, 0.3) is 10.9 Å². The van der Waals surface area contributed by atoms with E-state index in [1.807, 2.05) is 17.0 Å². The molecule has 1 aromatic carbocycles. The highest BCUT2D eigenvalue weighted by atomic mass is 16.6. The van der Waals surface area contributed by atoms with Crippen LogP contribution in [0.1, 0.15) is 19.8 Å². The summed E-state index contributed by atoms with van der Waals surface area (Å²) >= 11 is 0. The number of aromatic nitrogens is 1. The SMILES string of the molecule is CCCC1(O)CN(c2ccc3cc([N+](=O)[O-])ccc3n2)C1. The standard InChI is InChI=1S/C15H17N3O3/c1-2-7-15(19)9-17(10-15)14-6-3-11-8-12(18(20)21)4-5-13(11)16-14/h3-6,8,19H,2,7,9-10H2,1H3. The highest BCUT2D eigenvalue weighted by molar-refractivity contribution is 5.82. The summed E-state index contributed by atoms with van der Waals surface area (Å²) < 4.78 is 0. The van der Waals surface area contributed by atoms with Crippen LogP contribution in [0.15, 0.2) is 30.3 Å². The van der Waals surface area contributed by atoms with Gasteiger partial charge in [0.25, 0.3) is 5.69 Å². The second-order valence-electron chi connectivity index (χ2n) is 5.63. The predicted molar refractivity (Wildman–Crippen MR) is 80.5 cm³/mol. The first-order valence-corrected chi connectivity index (χ1v) is 7.03. The number of aliphatic hydroxyl groups is 1. The van der Waals surface area contributed by atoms with Gasteiger partial charge in [-0.05, 0) is 24.6 Å². The molecule has 0 unspecified atom stereocenters. The van der Waals surface area contributed by atoms with E-state index in [1.54, 1.807) is 6.07 Å². The Bertz CT molecular complexity index is 696. The Morgan fingerprint density at radius 1 is 1.38 bits per heavy atom. The number of anilines is 1. The Labute approximate surface area is 122 Å². The first-order chi connectivity index (χ1) is 10.0. The molecule has 1 aliphatic heterocycles. The summed E-state index contributed by atoms with van der Waals surface area (Å²) in [5, 5.41) is 21.7. The number of nitrogens with zero attached hydrogens (tertiary/aromatic N) is 3. The molecule has 0 aliphatic carbocycles. The minimum absolute atomic E-state index is 0.0679. The number of rotatable bonds is 4. The van der Waals surface area contributed by atoms with Crippen molar-refractivity contribution in [3.63, 3.8) is 0 Å². The van der Waals surface area contributed by atoms with Gasteiger partial charge in [-0.3, -0.25) is 10.1 Å². The topological polar surface area (TPSA) is 79.5 Å². The average molecular weight is 287 g/mol. The van der Waals surface area contributed by atoms with Crippen molar-refractivity contribution in [3.8, 4) is 0 Å². The van der Waals surface area contributed by atoms with Gasteiger partial charge in [0, 0.05) is 30.6 Å². The van der Waals surface area contributed by atoms with Crippen LogP contribution in [-0.4, -0.2) is 33.7 Å². The van der Waals surface area contributed by atoms with Gasteiger partial charge < -0.3 is 10.0 Å². The molecule has 1 aromatic heterocycles. The number of nitro groups is 1. The molecule has 1 aliphatic rings. The first kappa shape index (κ1) is 13.8. The Balaban J connectivity index is 1.83. The fourth-order valence-corrected chi connectivity index (χ4v) is 2.84. The number of hydrogen-bond donors (Lipinski definition) is 1. The van der Waals surface area contributed by atoms with Crippen molar-refractivity contribution in [2.75, 3.05) is 18.0 Å². The van der Waals surface area contributed by atoms with Gasteiger partial charge in [-0.1, -0.05) is 13.3 Å². The Morgan fingerprint density at radius 2 is 2.14 bits per heavy atom. The molecule has 1 saturated heterocycles. The second kappa shape index (κ2) is 4.96. The molecule has 0 amide bonds. The number of benzene rings is 1. The molecule has 0 bridgehead atoms. The van der Waals surface area contributed by atoms with E-state index >= 15 is 0 Å². The lowest BCUT2D eigenvalue weighted by molar-refractivity contribution is -0.384. The number of non-ortho nitro benzene ring substituents is 1. The molecule has 1 fully saturated rings. The first-order valence-electron chi connectivity index (χ1n) is 7.03. The maximum absolute atomic E-state index is 10.8. The van der Waals surface area contributed by atoms with E-state index in [0.717, 1.165) is 29.6 Å². The molecule has 0 spiro atoms. The highest BCUT2D eigenvalue weighted by Crippen LogP contribution is 2.31. The quantitative estimate of drug-likeness (QED) is 0.690. The molecule has 2 aromatic rings.